The van der Waals surface area contributed by atoms with E-state index in [1.165, 1.54) is 7.11 Å². The molecule has 0 aromatic carbocycles. The Labute approximate surface area is 128 Å². The number of aryl methyl sites for hydroxylation is 1. The van der Waals surface area contributed by atoms with Gasteiger partial charge >= 0.3 is 0 Å². The molecule has 8 nitrogen and oxygen atoms in total. The zero-order valence-corrected chi connectivity index (χ0v) is 13.0. The second-order valence-corrected chi connectivity index (χ2v) is 5.31. The average molecular weight is 311 g/mol. The van der Waals surface area contributed by atoms with Crippen LogP contribution in [0.25, 0.3) is 0 Å². The summed E-state index contributed by atoms with van der Waals surface area (Å²) in [6, 6.07) is 1.65. The lowest BCUT2D eigenvalue weighted by molar-refractivity contribution is -0.162. The summed E-state index contributed by atoms with van der Waals surface area (Å²) in [6.45, 7) is 2.74. The van der Waals surface area contributed by atoms with E-state index in [2.05, 4.69) is 10.5 Å². The predicted octanol–water partition coefficient (Wildman–Crippen LogP) is -0.0207. The van der Waals surface area contributed by atoms with Crippen molar-refractivity contribution >= 4 is 11.8 Å². The van der Waals surface area contributed by atoms with E-state index >= 15 is 0 Å². The summed E-state index contributed by atoms with van der Waals surface area (Å²) < 4.78 is 15.5. The van der Waals surface area contributed by atoms with Crippen LogP contribution in [0.15, 0.2) is 10.6 Å². The molecule has 2 amide bonds. The third-order valence-corrected chi connectivity index (χ3v) is 3.67. The minimum atomic E-state index is -1.00. The van der Waals surface area contributed by atoms with Crippen molar-refractivity contribution < 1.29 is 23.6 Å². The molecular weight excluding hydrogens is 290 g/mol. The third-order valence-electron chi connectivity index (χ3n) is 3.67. The fourth-order valence-electron chi connectivity index (χ4n) is 2.38. The van der Waals surface area contributed by atoms with Crippen LogP contribution in [0, 0.1) is 0 Å². The van der Waals surface area contributed by atoms with E-state index in [1.807, 2.05) is 0 Å². The first kappa shape index (κ1) is 16.3. The molecule has 2 heterocycles. The highest BCUT2D eigenvalue weighted by Gasteiger charge is 2.40. The van der Waals surface area contributed by atoms with Crippen molar-refractivity contribution in [1.82, 2.24) is 15.4 Å². The minimum Gasteiger partial charge on any atom is -0.479 e. The van der Waals surface area contributed by atoms with Gasteiger partial charge in [0.05, 0.1) is 20.3 Å². The maximum atomic E-state index is 12.3. The van der Waals surface area contributed by atoms with Crippen molar-refractivity contribution in [3.8, 4) is 5.88 Å². The number of hydrogen-bond acceptors (Lipinski definition) is 6. The van der Waals surface area contributed by atoms with Gasteiger partial charge in [-0.05, 0) is 12.1 Å². The molecule has 1 atom stereocenters. The Hall–Kier alpha value is -2.09. The molecule has 0 unspecified atom stereocenters. The topological polar surface area (TPSA) is 93.9 Å². The molecule has 0 spiro atoms. The monoisotopic (exact) mass is 311 g/mol. The number of aromatic nitrogens is 1. The van der Waals surface area contributed by atoms with Gasteiger partial charge in [-0.25, -0.2) is 0 Å². The lowest BCUT2D eigenvalue weighted by atomic mass is 10.0. The fourth-order valence-corrected chi connectivity index (χ4v) is 2.38. The summed E-state index contributed by atoms with van der Waals surface area (Å²) in [5.74, 6) is 0.701. The van der Waals surface area contributed by atoms with Crippen molar-refractivity contribution in [3.63, 3.8) is 0 Å². The maximum absolute atomic E-state index is 12.3. The van der Waals surface area contributed by atoms with E-state index in [-0.39, 0.29) is 24.8 Å². The molecule has 1 fully saturated rings. The molecule has 0 radical (unpaired) electrons. The number of methoxy groups -OCH3 is 1. The number of nitrogens with one attached hydrogen (secondary N) is 1. The van der Waals surface area contributed by atoms with Gasteiger partial charge in [0.2, 0.25) is 5.91 Å². The molecule has 1 aromatic rings. The standard InChI is InChI=1S/C14H21N3O5/c1-14(13(19)15-2)9-17(6-7-21-14)12(18)5-4-10-8-11(20-3)16-22-10/h8H,4-7,9H2,1-3H3,(H,15,19)/t14-/m0/s1. The molecule has 1 saturated heterocycles. The Balaban J connectivity index is 1.90. The fraction of sp³-hybridized carbons (Fsp3) is 0.643. The van der Waals surface area contributed by atoms with E-state index in [1.54, 1.807) is 24.9 Å². The molecule has 0 bridgehead atoms. The van der Waals surface area contributed by atoms with Crippen LogP contribution in [-0.2, 0) is 20.7 Å². The Bertz CT molecular complexity index is 544. The van der Waals surface area contributed by atoms with Crippen LogP contribution in [0.2, 0.25) is 0 Å². The Kier molecular flexibility index (Phi) is 5.02. The van der Waals surface area contributed by atoms with Crippen molar-refractivity contribution in [3.05, 3.63) is 11.8 Å². The van der Waals surface area contributed by atoms with Crippen LogP contribution in [0.1, 0.15) is 19.1 Å². The minimum absolute atomic E-state index is 0.0474. The second-order valence-electron chi connectivity index (χ2n) is 5.31. The van der Waals surface area contributed by atoms with Gasteiger partial charge in [-0.1, -0.05) is 0 Å². The van der Waals surface area contributed by atoms with Crippen LogP contribution in [0.3, 0.4) is 0 Å². The van der Waals surface area contributed by atoms with Crippen molar-refractivity contribution in [1.29, 1.82) is 0 Å². The van der Waals surface area contributed by atoms with Gasteiger partial charge in [0.25, 0.3) is 11.8 Å². The number of carbonyl (C=O) groups is 2. The second kappa shape index (κ2) is 6.78. The van der Waals surface area contributed by atoms with E-state index in [9.17, 15) is 9.59 Å². The van der Waals surface area contributed by atoms with E-state index in [4.69, 9.17) is 14.0 Å². The zero-order valence-electron chi connectivity index (χ0n) is 13.0. The normalized spacial score (nSPS) is 21.5. The van der Waals surface area contributed by atoms with E-state index < -0.39 is 5.60 Å². The number of hydrogen-bond donors (Lipinski definition) is 1. The largest absolute Gasteiger partial charge is 0.479 e. The third kappa shape index (κ3) is 3.56. The van der Waals surface area contributed by atoms with Crippen LogP contribution in [0.5, 0.6) is 5.88 Å². The van der Waals surface area contributed by atoms with Gasteiger partial charge in [-0.2, -0.15) is 0 Å². The summed E-state index contributed by atoms with van der Waals surface area (Å²) in [5, 5.41) is 6.25. The zero-order chi connectivity index (χ0) is 16.2. The highest BCUT2D eigenvalue weighted by Crippen LogP contribution is 2.19. The first-order chi connectivity index (χ1) is 10.5. The number of carbonyl (C=O) groups excluding carboxylic acids is 2. The van der Waals surface area contributed by atoms with Gasteiger partial charge in [0.15, 0.2) is 5.60 Å². The molecule has 1 aromatic heterocycles. The smallest absolute Gasteiger partial charge is 0.254 e. The molecule has 122 valence electrons. The summed E-state index contributed by atoms with van der Waals surface area (Å²) in [6.07, 6.45) is 0.714. The Morgan fingerprint density at radius 2 is 2.32 bits per heavy atom. The van der Waals surface area contributed by atoms with Crippen LogP contribution in [-0.4, -0.2) is 61.3 Å². The van der Waals surface area contributed by atoms with Gasteiger partial charge in [-0.15, -0.1) is 0 Å². The van der Waals surface area contributed by atoms with Crippen molar-refractivity contribution in [2.45, 2.75) is 25.4 Å². The van der Waals surface area contributed by atoms with Gasteiger partial charge in [0, 0.05) is 32.5 Å². The number of morpholine rings is 1. The summed E-state index contributed by atoms with van der Waals surface area (Å²) in [4.78, 5) is 25.8. The van der Waals surface area contributed by atoms with Gasteiger partial charge in [-0.3, -0.25) is 9.59 Å². The number of likely N-dealkylation sites (N-methyl/N-ethyl adjacent to an activating group) is 1. The summed E-state index contributed by atoms with van der Waals surface area (Å²) >= 11 is 0. The van der Waals surface area contributed by atoms with Crippen molar-refractivity contribution in [2.24, 2.45) is 0 Å². The van der Waals surface area contributed by atoms with Crippen LogP contribution >= 0.6 is 0 Å². The molecule has 1 aliphatic heterocycles. The Morgan fingerprint density at radius 3 is 2.95 bits per heavy atom. The van der Waals surface area contributed by atoms with Crippen LogP contribution < -0.4 is 10.1 Å². The average Bonchev–Trinajstić information content (AvgIpc) is 2.99. The molecule has 1 N–H and O–H groups in total. The molecule has 0 saturated carbocycles. The predicted molar refractivity (Wildman–Crippen MR) is 76.4 cm³/mol. The maximum Gasteiger partial charge on any atom is 0.254 e. The molecule has 1 aliphatic rings. The molecule has 8 heteroatoms. The Morgan fingerprint density at radius 1 is 1.55 bits per heavy atom. The number of amides is 2. The van der Waals surface area contributed by atoms with E-state index in [0.717, 1.165) is 0 Å². The summed E-state index contributed by atoms with van der Waals surface area (Å²) in [7, 11) is 3.05. The lowest BCUT2D eigenvalue weighted by Gasteiger charge is -2.39. The van der Waals surface area contributed by atoms with Gasteiger partial charge in [0.1, 0.15) is 5.76 Å². The van der Waals surface area contributed by atoms with Crippen molar-refractivity contribution in [2.75, 3.05) is 33.9 Å². The molecular formula is C14H21N3O5. The highest BCUT2D eigenvalue weighted by atomic mass is 16.5. The van der Waals surface area contributed by atoms with Gasteiger partial charge < -0.3 is 24.2 Å². The quantitative estimate of drug-likeness (QED) is 0.821. The molecule has 0 aliphatic carbocycles. The first-order valence-corrected chi connectivity index (χ1v) is 7.12. The molecule has 2 rings (SSSR count). The molecule has 22 heavy (non-hydrogen) atoms. The number of nitrogens with zero attached hydrogens (tertiary/aromatic N) is 2. The summed E-state index contributed by atoms with van der Waals surface area (Å²) in [5.41, 5.74) is -1.00. The SMILES string of the molecule is CNC(=O)[C@]1(C)CN(C(=O)CCc2cc(OC)no2)CCO1. The number of rotatable bonds is 5. The van der Waals surface area contributed by atoms with E-state index in [0.29, 0.717) is 31.2 Å². The number of ether oxygens (including phenoxy) is 2. The highest BCUT2D eigenvalue weighted by molar-refractivity contribution is 5.86. The lowest BCUT2D eigenvalue weighted by Crippen LogP contribution is -2.58. The van der Waals surface area contributed by atoms with Crippen LogP contribution in [0.4, 0.5) is 0 Å². The first-order valence-electron chi connectivity index (χ1n) is 7.12.